The lowest BCUT2D eigenvalue weighted by atomic mass is 10.3. The van der Waals surface area contributed by atoms with Crippen LogP contribution in [0.4, 0.5) is 20.4 Å². The number of hydrogen-bond donors (Lipinski definition) is 2. The van der Waals surface area contributed by atoms with Crippen molar-refractivity contribution in [1.29, 1.82) is 0 Å². The molecule has 1 rings (SSSR count). The second-order valence-corrected chi connectivity index (χ2v) is 3.81. The molecule has 0 saturated heterocycles. The molecule has 0 saturated carbocycles. The Balaban J connectivity index is 3.01. The molecule has 2 N–H and O–H groups in total. The molecule has 18 heavy (non-hydrogen) atoms. The number of pyridine rings is 1. The van der Waals surface area contributed by atoms with E-state index in [0.717, 1.165) is 6.07 Å². The van der Waals surface area contributed by atoms with Gasteiger partial charge in [-0.25, -0.2) is 13.8 Å². The number of rotatable bonds is 7. The molecule has 0 amide bonds. The van der Waals surface area contributed by atoms with Gasteiger partial charge in [0.15, 0.2) is 23.3 Å². The number of hydrogen-bond acceptors (Lipinski definition) is 4. The average molecular weight is 259 g/mol. The topological polar surface area (TPSA) is 48.4 Å². The van der Waals surface area contributed by atoms with Crippen molar-refractivity contribution in [3.05, 3.63) is 17.7 Å². The fraction of sp³-hybridized carbons (Fsp3) is 0.583. The van der Waals surface area contributed by atoms with Gasteiger partial charge >= 0.3 is 0 Å². The molecule has 0 bridgehead atoms. The summed E-state index contributed by atoms with van der Waals surface area (Å²) in [5, 5.41) is 11.5. The Labute approximate surface area is 106 Å². The third-order valence-electron chi connectivity index (χ3n) is 2.52. The lowest BCUT2D eigenvalue weighted by Gasteiger charge is -2.22. The summed E-state index contributed by atoms with van der Waals surface area (Å²) < 4.78 is 27.1. The predicted octanol–water partition coefficient (Wildman–Crippen LogP) is 2.00. The smallest absolute Gasteiger partial charge is 0.168 e. The molecule has 1 aromatic rings. The molecule has 0 unspecified atom stereocenters. The van der Waals surface area contributed by atoms with Gasteiger partial charge in [0.05, 0.1) is 0 Å². The summed E-state index contributed by atoms with van der Waals surface area (Å²) in [6.45, 7) is 5.23. The average Bonchev–Trinajstić information content (AvgIpc) is 2.35. The fourth-order valence-corrected chi connectivity index (χ4v) is 1.65. The third-order valence-corrected chi connectivity index (χ3v) is 2.52. The molecular formula is C12H19F2N3O. The van der Waals surface area contributed by atoms with Crippen LogP contribution >= 0.6 is 0 Å². The number of nitrogens with zero attached hydrogens (tertiary/aromatic N) is 2. The molecule has 0 aliphatic rings. The summed E-state index contributed by atoms with van der Waals surface area (Å²) in [5.74, 6) is -1.22. The highest BCUT2D eigenvalue weighted by Gasteiger charge is 2.16. The first-order valence-electron chi connectivity index (χ1n) is 6.09. The maximum absolute atomic E-state index is 13.7. The number of aliphatic hydroxyl groups is 1. The van der Waals surface area contributed by atoms with Gasteiger partial charge in [0.2, 0.25) is 0 Å². The molecule has 6 heteroatoms. The molecule has 0 aromatic carbocycles. The van der Waals surface area contributed by atoms with Gasteiger partial charge in [0, 0.05) is 32.3 Å². The summed E-state index contributed by atoms with van der Waals surface area (Å²) in [4.78, 5) is 5.64. The summed E-state index contributed by atoms with van der Waals surface area (Å²) in [5.41, 5.74) is 0. The van der Waals surface area contributed by atoms with Gasteiger partial charge < -0.3 is 15.3 Å². The minimum Gasteiger partial charge on any atom is -0.396 e. The number of anilines is 2. The molecule has 0 atom stereocenters. The first-order valence-corrected chi connectivity index (χ1v) is 6.09. The maximum atomic E-state index is 13.7. The molecule has 4 nitrogen and oxygen atoms in total. The van der Waals surface area contributed by atoms with Gasteiger partial charge in [-0.15, -0.1) is 0 Å². The second kappa shape index (κ2) is 7.10. The molecule has 0 aliphatic heterocycles. The Bertz CT molecular complexity index is 388. The Morgan fingerprint density at radius 1 is 1.33 bits per heavy atom. The van der Waals surface area contributed by atoms with E-state index in [1.165, 1.54) is 0 Å². The molecule has 0 spiro atoms. The number of aromatic nitrogens is 1. The Morgan fingerprint density at radius 3 is 2.61 bits per heavy atom. The van der Waals surface area contributed by atoms with Crippen LogP contribution in [-0.4, -0.2) is 36.3 Å². The number of aliphatic hydroxyl groups excluding tert-OH is 1. The molecule has 1 aromatic heterocycles. The maximum Gasteiger partial charge on any atom is 0.168 e. The lowest BCUT2D eigenvalue weighted by Crippen LogP contribution is -2.27. The second-order valence-electron chi connectivity index (χ2n) is 3.81. The SMILES string of the molecule is CCNc1nc(N(CC)CCCO)c(F)cc1F. The standard InChI is InChI=1S/C12H19F2N3O/c1-3-15-11-9(13)8-10(14)12(16-11)17(4-2)6-5-7-18/h8,18H,3-7H2,1-2H3,(H,15,16). The quantitative estimate of drug-likeness (QED) is 0.786. The highest BCUT2D eigenvalue weighted by molar-refractivity contribution is 5.49. The van der Waals surface area contributed by atoms with E-state index < -0.39 is 11.6 Å². The third kappa shape index (κ3) is 3.53. The van der Waals surface area contributed by atoms with Crippen molar-refractivity contribution >= 4 is 11.6 Å². The van der Waals surface area contributed by atoms with E-state index in [9.17, 15) is 8.78 Å². The molecule has 0 radical (unpaired) electrons. The summed E-state index contributed by atoms with van der Waals surface area (Å²) in [6, 6.07) is 0.835. The van der Waals surface area contributed by atoms with Crippen molar-refractivity contribution in [3.8, 4) is 0 Å². The van der Waals surface area contributed by atoms with Gasteiger partial charge in [-0.3, -0.25) is 0 Å². The van der Waals surface area contributed by atoms with Crippen LogP contribution < -0.4 is 10.2 Å². The normalized spacial score (nSPS) is 10.5. The molecule has 102 valence electrons. The number of halogens is 2. The summed E-state index contributed by atoms with van der Waals surface area (Å²) >= 11 is 0. The Morgan fingerprint density at radius 2 is 2.06 bits per heavy atom. The fourth-order valence-electron chi connectivity index (χ4n) is 1.65. The van der Waals surface area contributed by atoms with Crippen LogP contribution in [0.5, 0.6) is 0 Å². The van der Waals surface area contributed by atoms with Crippen LogP contribution in [0, 0.1) is 11.6 Å². The molecular weight excluding hydrogens is 240 g/mol. The van der Waals surface area contributed by atoms with Crippen LogP contribution in [0.15, 0.2) is 6.07 Å². The van der Waals surface area contributed by atoms with Crippen LogP contribution in [0.1, 0.15) is 20.3 Å². The minimum absolute atomic E-state index is 0.0272. The highest BCUT2D eigenvalue weighted by Crippen LogP contribution is 2.22. The zero-order valence-electron chi connectivity index (χ0n) is 10.7. The van der Waals surface area contributed by atoms with Crippen molar-refractivity contribution in [2.24, 2.45) is 0 Å². The van der Waals surface area contributed by atoms with Crippen LogP contribution in [0.2, 0.25) is 0 Å². The zero-order valence-corrected chi connectivity index (χ0v) is 10.7. The monoisotopic (exact) mass is 259 g/mol. The van der Waals surface area contributed by atoms with E-state index in [1.807, 2.05) is 13.8 Å². The largest absolute Gasteiger partial charge is 0.396 e. The number of nitrogens with one attached hydrogen (secondary N) is 1. The van der Waals surface area contributed by atoms with Crippen molar-refractivity contribution in [2.75, 3.05) is 36.5 Å². The van der Waals surface area contributed by atoms with Crippen LogP contribution in [0.25, 0.3) is 0 Å². The van der Waals surface area contributed by atoms with E-state index in [1.54, 1.807) is 4.90 Å². The van der Waals surface area contributed by atoms with Gasteiger partial charge in [-0.05, 0) is 20.3 Å². The summed E-state index contributed by atoms with van der Waals surface area (Å²) in [7, 11) is 0. The van der Waals surface area contributed by atoms with Gasteiger partial charge in [-0.2, -0.15) is 0 Å². The van der Waals surface area contributed by atoms with E-state index in [2.05, 4.69) is 10.3 Å². The lowest BCUT2D eigenvalue weighted by molar-refractivity contribution is 0.289. The van der Waals surface area contributed by atoms with Crippen LogP contribution in [0.3, 0.4) is 0 Å². The van der Waals surface area contributed by atoms with E-state index in [-0.39, 0.29) is 18.2 Å². The zero-order chi connectivity index (χ0) is 13.5. The van der Waals surface area contributed by atoms with Gasteiger partial charge in [0.1, 0.15) is 0 Å². The predicted molar refractivity (Wildman–Crippen MR) is 67.9 cm³/mol. The van der Waals surface area contributed by atoms with E-state index in [4.69, 9.17) is 5.11 Å². The van der Waals surface area contributed by atoms with Crippen molar-refractivity contribution < 1.29 is 13.9 Å². The van der Waals surface area contributed by atoms with Gasteiger partial charge in [-0.1, -0.05) is 0 Å². The highest BCUT2D eigenvalue weighted by atomic mass is 19.1. The minimum atomic E-state index is -0.698. The molecule has 0 fully saturated rings. The Kier molecular flexibility index (Phi) is 5.77. The summed E-state index contributed by atoms with van der Waals surface area (Å²) in [6.07, 6.45) is 0.517. The van der Waals surface area contributed by atoms with Crippen molar-refractivity contribution in [3.63, 3.8) is 0 Å². The van der Waals surface area contributed by atoms with Crippen LogP contribution in [-0.2, 0) is 0 Å². The van der Waals surface area contributed by atoms with Crippen molar-refractivity contribution in [2.45, 2.75) is 20.3 Å². The van der Waals surface area contributed by atoms with E-state index >= 15 is 0 Å². The first kappa shape index (κ1) is 14.6. The van der Waals surface area contributed by atoms with Gasteiger partial charge in [0.25, 0.3) is 0 Å². The van der Waals surface area contributed by atoms with Crippen molar-refractivity contribution in [1.82, 2.24) is 4.98 Å². The van der Waals surface area contributed by atoms with E-state index in [0.29, 0.717) is 26.1 Å². The molecule has 0 aliphatic carbocycles. The molecule has 1 heterocycles. The Hall–Kier alpha value is -1.43. The first-order chi connectivity index (χ1) is 8.63.